The zero-order chi connectivity index (χ0) is 43.3. The van der Waals surface area contributed by atoms with Crippen molar-refractivity contribution in [3.05, 3.63) is 229 Å². The van der Waals surface area contributed by atoms with Crippen LogP contribution in [-0.2, 0) is 0 Å². The van der Waals surface area contributed by atoms with Crippen LogP contribution in [0.5, 0.6) is 5.75 Å². The smallest absolute Gasteiger partial charge is 0.176 e. The highest BCUT2D eigenvalue weighted by atomic mass is 16.5. The highest BCUT2D eigenvalue weighted by molar-refractivity contribution is 6.26. The second-order valence-corrected chi connectivity index (χ2v) is 16.3. The molecule has 64 heavy (non-hydrogen) atoms. The normalized spacial score (nSPS) is 14.9. The number of aliphatic imine (C=N–C) groups is 1. The van der Waals surface area contributed by atoms with E-state index in [1.54, 1.807) is 0 Å². The molecule has 10 aromatic rings. The first-order valence-electron chi connectivity index (χ1n) is 22.0. The molecule has 0 saturated heterocycles. The second-order valence-electron chi connectivity index (χ2n) is 16.3. The van der Waals surface area contributed by atoms with Crippen molar-refractivity contribution in [2.75, 3.05) is 0 Å². The fourth-order valence-electron chi connectivity index (χ4n) is 9.71. The summed E-state index contributed by atoms with van der Waals surface area (Å²) in [6.07, 6.45) is 6.28. The summed E-state index contributed by atoms with van der Waals surface area (Å²) in [7, 11) is 0. The molecular formula is C59H46N4O. The molecule has 2 aromatic heterocycles. The molecule has 0 radical (unpaired) electrons. The van der Waals surface area contributed by atoms with Crippen LogP contribution in [0.4, 0.5) is 0 Å². The van der Waals surface area contributed by atoms with Gasteiger partial charge in [0.05, 0.1) is 39.5 Å². The summed E-state index contributed by atoms with van der Waals surface area (Å²) in [5.41, 5.74) is 22.6. The highest BCUT2D eigenvalue weighted by Gasteiger charge is 2.31. The van der Waals surface area contributed by atoms with Crippen molar-refractivity contribution in [3.8, 4) is 39.4 Å². The van der Waals surface area contributed by atoms with Crippen molar-refractivity contribution in [1.29, 1.82) is 0 Å². The maximum atomic E-state index is 7.49. The van der Waals surface area contributed by atoms with Gasteiger partial charge >= 0.3 is 0 Å². The standard InChI is InChI=1S/C59H46N4O/c1-4-21-39(5-2)38(3)61-56-47-30-17-20-33-53(47)64-59(56)55(60)42-36-48(40-22-9-6-10-23-40)57(49(37-42)41-24-11-7-12-25-41)63-50-31-18-15-28-44(50)45-34-35-52-54(58(45)63)46-29-16-19-32-51(46)62(52)43-26-13-8-14-27-43/h4-38H,60H2,1-3H3/b21-4-,39-5+,59-55+,61-56-. The van der Waals surface area contributed by atoms with Gasteiger partial charge in [-0.3, -0.25) is 4.99 Å². The fourth-order valence-corrected chi connectivity index (χ4v) is 9.71. The summed E-state index contributed by atoms with van der Waals surface area (Å²) in [5.74, 6) is 1.30. The van der Waals surface area contributed by atoms with Gasteiger partial charge in [-0.15, -0.1) is 0 Å². The molecule has 0 fully saturated rings. The molecule has 1 aliphatic rings. The molecule has 1 unspecified atom stereocenters. The maximum absolute atomic E-state index is 7.49. The molecule has 0 spiro atoms. The van der Waals surface area contributed by atoms with Crippen molar-refractivity contribution < 1.29 is 4.74 Å². The summed E-state index contributed by atoms with van der Waals surface area (Å²) in [5, 5.41) is 4.76. The van der Waals surface area contributed by atoms with E-state index >= 15 is 0 Å². The number of rotatable bonds is 8. The van der Waals surface area contributed by atoms with Gasteiger partial charge in [0.1, 0.15) is 11.5 Å². The van der Waals surface area contributed by atoms with Gasteiger partial charge in [-0.25, -0.2) is 0 Å². The third-order valence-electron chi connectivity index (χ3n) is 12.6. The van der Waals surface area contributed by atoms with E-state index in [2.05, 4.69) is 211 Å². The number of aromatic nitrogens is 2. The average molecular weight is 827 g/mol. The average Bonchev–Trinajstić information content (AvgIpc) is 4.01. The third kappa shape index (κ3) is 6.27. The van der Waals surface area contributed by atoms with E-state index < -0.39 is 0 Å². The van der Waals surface area contributed by atoms with E-state index in [4.69, 9.17) is 15.5 Å². The van der Waals surface area contributed by atoms with Crippen LogP contribution in [-0.4, -0.2) is 20.9 Å². The van der Waals surface area contributed by atoms with Gasteiger partial charge in [-0.1, -0.05) is 152 Å². The summed E-state index contributed by atoms with van der Waals surface area (Å²) in [4.78, 5) is 5.33. The first kappa shape index (κ1) is 38.7. The quantitative estimate of drug-likeness (QED) is 0.155. The van der Waals surface area contributed by atoms with Crippen LogP contribution in [0.15, 0.2) is 223 Å². The molecular weight excluding hydrogens is 781 g/mol. The summed E-state index contributed by atoms with van der Waals surface area (Å²) in [6.45, 7) is 6.20. The molecule has 2 N–H and O–H groups in total. The monoisotopic (exact) mass is 826 g/mol. The Bertz CT molecular complexity index is 3490. The molecule has 5 nitrogen and oxygen atoms in total. The molecule has 1 aliphatic heterocycles. The molecule has 0 aliphatic carbocycles. The Kier molecular flexibility index (Phi) is 9.66. The number of hydrogen-bond acceptors (Lipinski definition) is 3. The van der Waals surface area contributed by atoms with Crippen LogP contribution >= 0.6 is 0 Å². The Morgan fingerprint density at radius 3 is 1.81 bits per heavy atom. The van der Waals surface area contributed by atoms with Crippen molar-refractivity contribution in [1.82, 2.24) is 9.13 Å². The lowest BCUT2D eigenvalue weighted by molar-refractivity contribution is 0.470. The SMILES string of the molecule is C/C=C\C(=C/C)C(C)/N=C1\C(=C(/N)c2cc(-c3ccccc3)c(-n3c4ccccc4c4ccc5c(c6ccccc6n5-c5ccccc5)c43)c(-c3ccccc3)c2)Oc2ccccc21. The third-order valence-corrected chi connectivity index (χ3v) is 12.6. The van der Waals surface area contributed by atoms with Gasteiger partial charge in [0.15, 0.2) is 5.76 Å². The molecule has 0 saturated carbocycles. The first-order valence-corrected chi connectivity index (χ1v) is 22.0. The molecule has 8 aromatic carbocycles. The molecule has 0 bridgehead atoms. The van der Waals surface area contributed by atoms with E-state index in [-0.39, 0.29) is 6.04 Å². The van der Waals surface area contributed by atoms with Crippen molar-refractivity contribution in [2.24, 2.45) is 10.7 Å². The predicted octanol–water partition coefficient (Wildman–Crippen LogP) is 14.6. The number of ether oxygens (including phenoxy) is 1. The molecule has 11 rings (SSSR count). The minimum Gasteiger partial charge on any atom is -0.452 e. The van der Waals surface area contributed by atoms with Crippen LogP contribution in [0.2, 0.25) is 0 Å². The molecule has 3 heterocycles. The van der Waals surface area contributed by atoms with Crippen LogP contribution in [0.3, 0.4) is 0 Å². The molecule has 5 heteroatoms. The van der Waals surface area contributed by atoms with Crippen molar-refractivity contribution >= 4 is 55.0 Å². The van der Waals surface area contributed by atoms with Crippen LogP contribution < -0.4 is 10.5 Å². The molecule has 1 atom stereocenters. The lowest BCUT2D eigenvalue weighted by Crippen LogP contribution is -2.14. The Balaban J connectivity index is 1.27. The number of allylic oxidation sites excluding steroid dienone is 3. The predicted molar refractivity (Wildman–Crippen MR) is 269 cm³/mol. The van der Waals surface area contributed by atoms with Gasteiger partial charge in [-0.2, -0.15) is 0 Å². The first-order chi connectivity index (χ1) is 31.5. The van der Waals surface area contributed by atoms with E-state index in [9.17, 15) is 0 Å². The minimum atomic E-state index is -0.129. The fraction of sp³-hybridized carbons (Fsp3) is 0.0678. The van der Waals surface area contributed by atoms with Crippen LogP contribution in [0, 0.1) is 0 Å². The maximum Gasteiger partial charge on any atom is 0.176 e. The van der Waals surface area contributed by atoms with Crippen LogP contribution in [0.1, 0.15) is 31.9 Å². The lowest BCUT2D eigenvalue weighted by atomic mass is 9.91. The second kappa shape index (κ2) is 16.0. The molecule has 308 valence electrons. The summed E-state index contributed by atoms with van der Waals surface area (Å²) in [6, 6.07) is 66.7. The van der Waals surface area contributed by atoms with Gasteiger partial charge in [0, 0.05) is 49.5 Å². The summed E-state index contributed by atoms with van der Waals surface area (Å²) < 4.78 is 11.6. The van der Waals surface area contributed by atoms with E-state index in [0.717, 1.165) is 83.9 Å². The summed E-state index contributed by atoms with van der Waals surface area (Å²) >= 11 is 0. The number of benzene rings is 8. The van der Waals surface area contributed by atoms with Crippen molar-refractivity contribution in [3.63, 3.8) is 0 Å². The zero-order valence-corrected chi connectivity index (χ0v) is 36.0. The van der Waals surface area contributed by atoms with Gasteiger partial charge in [0.25, 0.3) is 0 Å². The van der Waals surface area contributed by atoms with E-state index in [0.29, 0.717) is 11.5 Å². The lowest BCUT2D eigenvalue weighted by Gasteiger charge is -2.22. The van der Waals surface area contributed by atoms with E-state index in [1.807, 2.05) is 25.1 Å². The Morgan fingerprint density at radius 2 is 1.16 bits per heavy atom. The largest absolute Gasteiger partial charge is 0.452 e. The number of hydrogen-bond donors (Lipinski definition) is 1. The van der Waals surface area contributed by atoms with Gasteiger partial charge in [-0.05, 0) is 92.1 Å². The highest BCUT2D eigenvalue weighted by Crippen LogP contribution is 2.47. The Labute approximate surface area is 373 Å². The zero-order valence-electron chi connectivity index (χ0n) is 36.0. The minimum absolute atomic E-state index is 0.129. The Hall–Kier alpha value is -8.15. The van der Waals surface area contributed by atoms with Crippen molar-refractivity contribution in [2.45, 2.75) is 26.8 Å². The number of para-hydroxylation sites is 4. The topological polar surface area (TPSA) is 57.5 Å². The number of nitrogens with zero attached hydrogens (tertiary/aromatic N) is 3. The van der Waals surface area contributed by atoms with E-state index in [1.165, 1.54) is 21.5 Å². The Morgan fingerprint density at radius 1 is 0.578 bits per heavy atom. The van der Waals surface area contributed by atoms with Crippen LogP contribution in [0.25, 0.3) is 82.9 Å². The molecule has 0 amide bonds. The number of nitrogens with two attached hydrogens (primary N) is 1. The number of fused-ring (bicyclic) bond motifs is 8. The van der Waals surface area contributed by atoms with Gasteiger partial charge < -0.3 is 19.6 Å². The van der Waals surface area contributed by atoms with Gasteiger partial charge in [0.2, 0.25) is 0 Å².